The van der Waals surface area contributed by atoms with Crippen LogP contribution in [0.15, 0.2) is 24.3 Å². The Morgan fingerprint density at radius 3 is 2.88 bits per heavy atom. The molecule has 0 spiro atoms. The van der Waals surface area contributed by atoms with Crippen molar-refractivity contribution >= 4 is 11.8 Å². The lowest BCUT2D eigenvalue weighted by atomic mass is 10.1. The number of rotatable bonds is 6. The monoisotopic (exact) mass is 330 g/mol. The summed E-state index contributed by atoms with van der Waals surface area (Å²) < 4.78 is 5.26. The maximum atomic E-state index is 12.6. The van der Waals surface area contributed by atoms with Crippen LogP contribution in [0.5, 0.6) is 5.75 Å². The first kappa shape index (κ1) is 16.8. The number of nitrogens with one attached hydrogen (secondary N) is 1. The molecule has 1 aliphatic carbocycles. The van der Waals surface area contributed by atoms with Crippen LogP contribution < -0.4 is 10.1 Å². The molecule has 5 heteroatoms. The van der Waals surface area contributed by atoms with Crippen LogP contribution in [-0.2, 0) is 16.1 Å². The Kier molecular flexibility index (Phi) is 5.38. The molecule has 0 bridgehead atoms. The van der Waals surface area contributed by atoms with Crippen molar-refractivity contribution in [3.05, 3.63) is 29.8 Å². The first-order valence-corrected chi connectivity index (χ1v) is 8.87. The van der Waals surface area contributed by atoms with E-state index < -0.39 is 0 Å². The predicted octanol–water partition coefficient (Wildman–Crippen LogP) is 2.49. The second-order valence-corrected chi connectivity index (χ2v) is 6.82. The van der Waals surface area contributed by atoms with Crippen molar-refractivity contribution in [3.63, 3.8) is 0 Å². The van der Waals surface area contributed by atoms with Crippen LogP contribution in [0.25, 0.3) is 0 Å². The molecule has 1 saturated carbocycles. The second-order valence-electron chi connectivity index (χ2n) is 6.82. The third-order valence-electron chi connectivity index (χ3n) is 4.87. The molecule has 130 valence electrons. The fourth-order valence-electron chi connectivity index (χ4n) is 3.21. The minimum absolute atomic E-state index is 0.0000427. The Balaban J connectivity index is 1.72. The molecule has 24 heavy (non-hydrogen) atoms. The van der Waals surface area contributed by atoms with Gasteiger partial charge in [0.15, 0.2) is 0 Å². The van der Waals surface area contributed by atoms with Crippen molar-refractivity contribution in [2.45, 2.75) is 51.1 Å². The number of carbonyl (C=O) groups excluding carboxylic acids is 2. The standard InChI is InChI=1S/C19H26N2O3/c1-24-16-6-4-5-15(11-16)13-21-17(7-2-3-8-18(21)22)19(23)20-12-14-9-10-14/h4-6,11,14,17H,2-3,7-10,12-13H2,1H3,(H,20,23). The van der Waals surface area contributed by atoms with Gasteiger partial charge in [0, 0.05) is 19.5 Å². The van der Waals surface area contributed by atoms with E-state index in [2.05, 4.69) is 5.32 Å². The van der Waals surface area contributed by atoms with Crippen molar-refractivity contribution < 1.29 is 14.3 Å². The van der Waals surface area contributed by atoms with E-state index in [0.717, 1.165) is 37.1 Å². The molecule has 1 N–H and O–H groups in total. The van der Waals surface area contributed by atoms with Gasteiger partial charge in [-0.05, 0) is 49.3 Å². The van der Waals surface area contributed by atoms with Crippen LogP contribution in [-0.4, -0.2) is 36.4 Å². The molecule has 3 rings (SSSR count). The molecule has 2 aliphatic rings. The first-order valence-electron chi connectivity index (χ1n) is 8.87. The quantitative estimate of drug-likeness (QED) is 0.872. The van der Waals surface area contributed by atoms with E-state index >= 15 is 0 Å². The van der Waals surface area contributed by atoms with Gasteiger partial charge in [-0.25, -0.2) is 0 Å². The van der Waals surface area contributed by atoms with Gasteiger partial charge < -0.3 is 15.0 Å². The van der Waals surface area contributed by atoms with Gasteiger partial charge in [-0.1, -0.05) is 18.6 Å². The molecule has 1 aromatic carbocycles. The summed E-state index contributed by atoms with van der Waals surface area (Å²) in [7, 11) is 1.63. The van der Waals surface area contributed by atoms with Gasteiger partial charge >= 0.3 is 0 Å². The molecule has 2 fully saturated rings. The van der Waals surface area contributed by atoms with E-state index in [1.165, 1.54) is 12.8 Å². The molecule has 5 nitrogen and oxygen atoms in total. The zero-order chi connectivity index (χ0) is 16.9. The van der Waals surface area contributed by atoms with Gasteiger partial charge in [-0.3, -0.25) is 9.59 Å². The maximum absolute atomic E-state index is 12.6. The van der Waals surface area contributed by atoms with E-state index in [9.17, 15) is 9.59 Å². The fraction of sp³-hybridized carbons (Fsp3) is 0.579. The van der Waals surface area contributed by atoms with Crippen molar-refractivity contribution in [1.82, 2.24) is 10.2 Å². The number of likely N-dealkylation sites (tertiary alicyclic amines) is 1. The molecule has 2 amide bonds. The minimum atomic E-state index is -0.357. The Bertz CT molecular complexity index is 598. The summed E-state index contributed by atoms with van der Waals surface area (Å²) >= 11 is 0. The Morgan fingerprint density at radius 2 is 2.12 bits per heavy atom. The lowest BCUT2D eigenvalue weighted by molar-refractivity contribution is -0.140. The van der Waals surface area contributed by atoms with Crippen LogP contribution in [0.3, 0.4) is 0 Å². The highest BCUT2D eigenvalue weighted by atomic mass is 16.5. The van der Waals surface area contributed by atoms with Crippen molar-refractivity contribution in [2.75, 3.05) is 13.7 Å². The number of amides is 2. The van der Waals surface area contributed by atoms with Gasteiger partial charge in [0.2, 0.25) is 11.8 Å². The lowest BCUT2D eigenvalue weighted by Gasteiger charge is -2.29. The number of nitrogens with zero attached hydrogens (tertiary/aromatic N) is 1. The third-order valence-corrected chi connectivity index (χ3v) is 4.87. The van der Waals surface area contributed by atoms with Crippen LogP contribution in [0.1, 0.15) is 44.1 Å². The zero-order valence-corrected chi connectivity index (χ0v) is 14.3. The van der Waals surface area contributed by atoms with E-state index in [0.29, 0.717) is 18.9 Å². The zero-order valence-electron chi connectivity index (χ0n) is 14.3. The molecule has 0 aromatic heterocycles. The minimum Gasteiger partial charge on any atom is -0.497 e. The Labute approximate surface area is 143 Å². The average Bonchev–Trinajstić information content (AvgIpc) is 3.43. The van der Waals surface area contributed by atoms with Gasteiger partial charge in [-0.15, -0.1) is 0 Å². The number of hydrogen-bond acceptors (Lipinski definition) is 3. The van der Waals surface area contributed by atoms with Gasteiger partial charge in [-0.2, -0.15) is 0 Å². The number of hydrogen-bond donors (Lipinski definition) is 1. The number of ether oxygens (including phenoxy) is 1. The summed E-state index contributed by atoms with van der Waals surface area (Å²) in [5.41, 5.74) is 0.990. The highest BCUT2D eigenvalue weighted by Crippen LogP contribution is 2.28. The Hall–Kier alpha value is -2.04. The van der Waals surface area contributed by atoms with Crippen molar-refractivity contribution in [1.29, 1.82) is 0 Å². The van der Waals surface area contributed by atoms with E-state index in [1.807, 2.05) is 24.3 Å². The summed E-state index contributed by atoms with van der Waals surface area (Å²) in [6.07, 6.45) is 5.46. The number of benzene rings is 1. The predicted molar refractivity (Wildman–Crippen MR) is 91.5 cm³/mol. The normalized spacial score (nSPS) is 21.3. The summed E-state index contributed by atoms with van der Waals surface area (Å²) in [6, 6.07) is 7.34. The SMILES string of the molecule is COc1cccc(CN2C(=O)CCCCC2C(=O)NCC2CC2)c1. The molecule has 0 radical (unpaired) electrons. The van der Waals surface area contributed by atoms with Crippen molar-refractivity contribution in [2.24, 2.45) is 5.92 Å². The van der Waals surface area contributed by atoms with E-state index in [4.69, 9.17) is 4.74 Å². The maximum Gasteiger partial charge on any atom is 0.242 e. The molecule has 1 heterocycles. The highest BCUT2D eigenvalue weighted by Gasteiger charge is 2.32. The van der Waals surface area contributed by atoms with Crippen molar-refractivity contribution in [3.8, 4) is 5.75 Å². The molecule has 1 aromatic rings. The smallest absolute Gasteiger partial charge is 0.242 e. The third kappa shape index (κ3) is 4.28. The average molecular weight is 330 g/mol. The highest BCUT2D eigenvalue weighted by molar-refractivity contribution is 5.88. The summed E-state index contributed by atoms with van der Waals surface area (Å²) in [6.45, 7) is 1.20. The van der Waals surface area contributed by atoms with Gasteiger partial charge in [0.1, 0.15) is 11.8 Å². The summed E-state index contributed by atoms with van der Waals surface area (Å²) in [4.78, 5) is 26.9. The van der Waals surface area contributed by atoms with Crippen LogP contribution in [0.2, 0.25) is 0 Å². The van der Waals surface area contributed by atoms with E-state index in [-0.39, 0.29) is 17.9 Å². The number of carbonyl (C=O) groups is 2. The van der Waals surface area contributed by atoms with Crippen LogP contribution in [0.4, 0.5) is 0 Å². The topological polar surface area (TPSA) is 58.6 Å². The second kappa shape index (κ2) is 7.69. The molecule has 1 unspecified atom stereocenters. The van der Waals surface area contributed by atoms with Crippen LogP contribution in [0, 0.1) is 5.92 Å². The summed E-state index contributed by atoms with van der Waals surface area (Å²) in [5.74, 6) is 1.48. The molecule has 1 aliphatic heterocycles. The molecular formula is C19H26N2O3. The van der Waals surface area contributed by atoms with Gasteiger partial charge in [0.25, 0.3) is 0 Å². The van der Waals surface area contributed by atoms with Gasteiger partial charge in [0.05, 0.1) is 7.11 Å². The molecule has 1 atom stereocenters. The summed E-state index contributed by atoms with van der Waals surface area (Å²) in [5, 5.41) is 3.04. The first-order chi connectivity index (χ1) is 11.7. The molecule has 1 saturated heterocycles. The largest absolute Gasteiger partial charge is 0.497 e. The number of methoxy groups -OCH3 is 1. The fourth-order valence-corrected chi connectivity index (χ4v) is 3.21. The van der Waals surface area contributed by atoms with E-state index in [1.54, 1.807) is 12.0 Å². The molecular weight excluding hydrogens is 304 g/mol. The lowest BCUT2D eigenvalue weighted by Crippen LogP contribution is -2.48. The van der Waals surface area contributed by atoms with Crippen LogP contribution >= 0.6 is 0 Å². The Morgan fingerprint density at radius 1 is 1.29 bits per heavy atom.